The molecule has 0 saturated heterocycles. The van der Waals surface area contributed by atoms with Crippen LogP contribution in [0.2, 0.25) is 0 Å². The van der Waals surface area contributed by atoms with E-state index in [1.165, 1.54) is 6.26 Å². The third kappa shape index (κ3) is 4.97. The van der Waals surface area contributed by atoms with Crippen LogP contribution >= 0.6 is 0 Å². The van der Waals surface area contributed by atoms with Crippen molar-refractivity contribution in [3.63, 3.8) is 0 Å². The Morgan fingerprint density at radius 3 is 1.85 bits per heavy atom. The Bertz CT molecular complexity index is 342. The minimum Gasteiger partial charge on any atom is -0.483 e. The van der Waals surface area contributed by atoms with Crippen molar-refractivity contribution in [1.82, 2.24) is 0 Å². The van der Waals surface area contributed by atoms with Gasteiger partial charge in [-0.2, -0.15) is 0 Å². The summed E-state index contributed by atoms with van der Waals surface area (Å²) >= 11 is 0. The molecule has 0 amide bonds. The zero-order chi connectivity index (χ0) is 10.3. The highest BCUT2D eigenvalue weighted by atomic mass is 32.2. The Labute approximate surface area is 76.7 Å². The van der Waals surface area contributed by atoms with Gasteiger partial charge in [-0.15, -0.1) is 0 Å². The lowest BCUT2D eigenvalue weighted by Crippen LogP contribution is -1.95. The van der Waals surface area contributed by atoms with E-state index in [4.69, 9.17) is 9.90 Å². The number of rotatable bonds is 1. The van der Waals surface area contributed by atoms with Gasteiger partial charge in [-0.1, -0.05) is 18.2 Å². The maximum Gasteiger partial charge on any atom is 0.290 e. The number of carboxylic acid groups (broad SMARTS) is 1. The molecule has 0 atom stereocenters. The van der Waals surface area contributed by atoms with Gasteiger partial charge in [0, 0.05) is 6.26 Å². The normalized spacial score (nSPS) is 9.62. The van der Waals surface area contributed by atoms with Crippen molar-refractivity contribution >= 4 is 16.3 Å². The molecule has 5 heteroatoms. The molecular formula is C8H10O4S. The summed E-state index contributed by atoms with van der Waals surface area (Å²) in [5.41, 5.74) is 0. The number of benzene rings is 1. The Morgan fingerprint density at radius 2 is 1.62 bits per heavy atom. The molecule has 1 rings (SSSR count). The van der Waals surface area contributed by atoms with Crippen LogP contribution in [0.25, 0.3) is 0 Å². The topological polar surface area (TPSA) is 71.4 Å². The predicted octanol–water partition coefficient (Wildman–Crippen LogP) is 0.791. The molecule has 0 unspecified atom stereocenters. The smallest absolute Gasteiger partial charge is 0.290 e. The van der Waals surface area contributed by atoms with Gasteiger partial charge in [-0.3, -0.25) is 4.79 Å². The zero-order valence-corrected chi connectivity index (χ0v) is 7.86. The molecule has 1 aromatic carbocycles. The summed E-state index contributed by atoms with van der Waals surface area (Å²) in [5, 5.41) is 6.89. The van der Waals surface area contributed by atoms with Crippen LogP contribution in [0, 0.1) is 0 Å². The second-order valence-electron chi connectivity index (χ2n) is 2.19. The highest BCUT2D eigenvalue weighted by Gasteiger charge is 2.02. The Kier molecular flexibility index (Phi) is 4.76. The van der Waals surface area contributed by atoms with Gasteiger partial charge in [0.1, 0.15) is 0 Å². The van der Waals surface area contributed by atoms with Crippen LogP contribution < -0.4 is 0 Å². The van der Waals surface area contributed by atoms with Gasteiger partial charge in [-0.25, -0.2) is 8.42 Å². The van der Waals surface area contributed by atoms with Crippen LogP contribution in [0.1, 0.15) is 0 Å². The molecule has 0 bridgehead atoms. The maximum absolute atomic E-state index is 10.8. The van der Waals surface area contributed by atoms with Crippen molar-refractivity contribution in [3.05, 3.63) is 30.3 Å². The van der Waals surface area contributed by atoms with Crippen LogP contribution in [0.3, 0.4) is 0 Å². The Morgan fingerprint density at radius 1 is 1.23 bits per heavy atom. The van der Waals surface area contributed by atoms with Gasteiger partial charge in [0.2, 0.25) is 0 Å². The third-order valence-electron chi connectivity index (χ3n) is 1.17. The van der Waals surface area contributed by atoms with Gasteiger partial charge in [0.05, 0.1) is 4.90 Å². The molecule has 0 aliphatic heterocycles. The first kappa shape index (κ1) is 11.6. The van der Waals surface area contributed by atoms with E-state index in [0.29, 0.717) is 4.90 Å². The highest BCUT2D eigenvalue weighted by Crippen LogP contribution is 2.05. The van der Waals surface area contributed by atoms with Crippen LogP contribution in [-0.2, 0) is 14.6 Å². The molecule has 0 aromatic heterocycles. The van der Waals surface area contributed by atoms with Crippen LogP contribution in [0.15, 0.2) is 35.2 Å². The first-order chi connectivity index (χ1) is 6.02. The van der Waals surface area contributed by atoms with Gasteiger partial charge in [-0.05, 0) is 12.1 Å². The van der Waals surface area contributed by atoms with E-state index in [0.717, 1.165) is 0 Å². The van der Waals surface area contributed by atoms with Crippen LogP contribution in [0.4, 0.5) is 0 Å². The molecule has 13 heavy (non-hydrogen) atoms. The molecule has 0 saturated carbocycles. The van der Waals surface area contributed by atoms with Gasteiger partial charge < -0.3 is 5.11 Å². The minimum absolute atomic E-state index is 0.250. The number of carbonyl (C=O) groups is 1. The quantitative estimate of drug-likeness (QED) is 0.683. The highest BCUT2D eigenvalue weighted by molar-refractivity contribution is 7.90. The van der Waals surface area contributed by atoms with Crippen molar-refractivity contribution < 1.29 is 18.3 Å². The van der Waals surface area contributed by atoms with E-state index in [2.05, 4.69) is 0 Å². The number of sulfone groups is 1. The van der Waals surface area contributed by atoms with Crippen molar-refractivity contribution in [2.24, 2.45) is 0 Å². The fourth-order valence-electron chi connectivity index (χ4n) is 0.668. The second-order valence-corrected chi connectivity index (χ2v) is 4.21. The molecule has 0 heterocycles. The fraction of sp³-hybridized carbons (Fsp3) is 0.125. The molecule has 72 valence electrons. The fourth-order valence-corrected chi connectivity index (χ4v) is 1.32. The number of hydrogen-bond donors (Lipinski definition) is 1. The molecular weight excluding hydrogens is 192 g/mol. The molecule has 4 nitrogen and oxygen atoms in total. The summed E-state index contributed by atoms with van der Waals surface area (Å²) in [4.78, 5) is 8.73. The molecule has 0 radical (unpaired) electrons. The summed E-state index contributed by atoms with van der Waals surface area (Å²) in [6.45, 7) is -0.250. The van der Waals surface area contributed by atoms with E-state index >= 15 is 0 Å². The zero-order valence-electron chi connectivity index (χ0n) is 7.04. The monoisotopic (exact) mass is 202 g/mol. The summed E-state index contributed by atoms with van der Waals surface area (Å²) in [5.74, 6) is 0. The second kappa shape index (κ2) is 5.31. The molecule has 1 N–H and O–H groups in total. The summed E-state index contributed by atoms with van der Waals surface area (Å²) in [6, 6.07) is 8.35. The summed E-state index contributed by atoms with van der Waals surface area (Å²) in [7, 11) is -3.00. The van der Waals surface area contributed by atoms with Gasteiger partial charge in [0.15, 0.2) is 9.84 Å². The maximum atomic E-state index is 10.8. The minimum atomic E-state index is -3.00. The Balaban J connectivity index is 0.000000424. The van der Waals surface area contributed by atoms with Crippen molar-refractivity contribution in [2.75, 3.05) is 6.26 Å². The average Bonchev–Trinajstić information content (AvgIpc) is 2.06. The predicted molar refractivity (Wildman–Crippen MR) is 48.2 cm³/mol. The molecule has 0 spiro atoms. The first-order valence-corrected chi connectivity index (χ1v) is 5.24. The van der Waals surface area contributed by atoms with Crippen molar-refractivity contribution in [3.8, 4) is 0 Å². The van der Waals surface area contributed by atoms with Crippen molar-refractivity contribution in [1.29, 1.82) is 0 Å². The standard InChI is InChI=1S/C7H8O2S.CH2O2/c1-10(8,9)7-5-3-2-4-6-7;2-1-3/h2-6H,1H3;1H,(H,2,3). The molecule has 0 aliphatic rings. The van der Waals surface area contributed by atoms with E-state index in [1.54, 1.807) is 30.3 Å². The van der Waals surface area contributed by atoms with Crippen molar-refractivity contribution in [2.45, 2.75) is 4.90 Å². The van der Waals surface area contributed by atoms with E-state index < -0.39 is 9.84 Å². The number of hydrogen-bond acceptors (Lipinski definition) is 3. The lowest BCUT2D eigenvalue weighted by Gasteiger charge is -1.93. The third-order valence-corrected chi connectivity index (χ3v) is 2.30. The van der Waals surface area contributed by atoms with Gasteiger partial charge in [0.25, 0.3) is 6.47 Å². The van der Waals surface area contributed by atoms with Crippen LogP contribution in [0.5, 0.6) is 0 Å². The average molecular weight is 202 g/mol. The van der Waals surface area contributed by atoms with E-state index in [9.17, 15) is 8.42 Å². The molecule has 0 aliphatic carbocycles. The summed E-state index contributed by atoms with van der Waals surface area (Å²) < 4.78 is 21.7. The van der Waals surface area contributed by atoms with Crippen LogP contribution in [-0.4, -0.2) is 26.3 Å². The molecule has 0 fully saturated rings. The van der Waals surface area contributed by atoms with Gasteiger partial charge >= 0.3 is 0 Å². The first-order valence-electron chi connectivity index (χ1n) is 3.35. The lowest BCUT2D eigenvalue weighted by atomic mass is 10.4. The molecule has 1 aromatic rings. The SMILES string of the molecule is CS(=O)(=O)c1ccccc1.O=CO. The largest absolute Gasteiger partial charge is 0.483 e. The Hall–Kier alpha value is -1.36. The summed E-state index contributed by atoms with van der Waals surface area (Å²) in [6.07, 6.45) is 1.20. The van der Waals surface area contributed by atoms with E-state index in [1.807, 2.05) is 0 Å². The lowest BCUT2D eigenvalue weighted by molar-refractivity contribution is -0.122. The van der Waals surface area contributed by atoms with E-state index in [-0.39, 0.29) is 6.47 Å².